The molecule has 2 aliphatic rings. The Hall–Kier alpha value is -1.72. The van der Waals surface area contributed by atoms with E-state index in [4.69, 9.17) is 0 Å². The fourth-order valence-corrected chi connectivity index (χ4v) is 4.00. The largest absolute Gasteiger partial charge is 0.335 e. The Kier molecular flexibility index (Phi) is 4.02. The minimum Gasteiger partial charge on any atom is -0.335 e. The van der Waals surface area contributed by atoms with Crippen LogP contribution in [0.2, 0.25) is 0 Å². The van der Waals surface area contributed by atoms with E-state index in [1.54, 1.807) is 0 Å². The van der Waals surface area contributed by atoms with Crippen LogP contribution in [0.1, 0.15) is 32.6 Å². The molecule has 0 aliphatic heterocycles. The van der Waals surface area contributed by atoms with Gasteiger partial charge in [0, 0.05) is 6.04 Å². The number of halogens is 3. The molecule has 0 saturated heterocycles. The smallest absolute Gasteiger partial charge is 0.319 e. The summed E-state index contributed by atoms with van der Waals surface area (Å²) in [5.41, 5.74) is -0.364. The molecular formula is C16H19F3N2O. The summed E-state index contributed by atoms with van der Waals surface area (Å²) in [6.07, 6.45) is 4.84. The average Bonchev–Trinajstić information content (AvgIpc) is 3.10. The van der Waals surface area contributed by atoms with Gasteiger partial charge in [-0.15, -0.1) is 0 Å². The van der Waals surface area contributed by atoms with Crippen LogP contribution in [-0.4, -0.2) is 12.1 Å². The maximum Gasteiger partial charge on any atom is 0.319 e. The molecule has 0 spiro atoms. The molecule has 2 amide bonds. The first-order valence-corrected chi connectivity index (χ1v) is 7.66. The van der Waals surface area contributed by atoms with Crippen molar-refractivity contribution < 1.29 is 18.0 Å². The van der Waals surface area contributed by atoms with Gasteiger partial charge in [0.25, 0.3) is 0 Å². The SMILES string of the molecule is CC(NC(=O)Nc1ccc(F)c(F)c1F)C1CC2CCC1C2. The molecule has 1 aromatic carbocycles. The summed E-state index contributed by atoms with van der Waals surface area (Å²) in [7, 11) is 0. The van der Waals surface area contributed by atoms with Crippen LogP contribution in [0.15, 0.2) is 12.1 Å². The quantitative estimate of drug-likeness (QED) is 0.812. The van der Waals surface area contributed by atoms with Gasteiger partial charge in [-0.3, -0.25) is 0 Å². The van der Waals surface area contributed by atoms with E-state index < -0.39 is 23.5 Å². The van der Waals surface area contributed by atoms with Gasteiger partial charge < -0.3 is 10.6 Å². The summed E-state index contributed by atoms with van der Waals surface area (Å²) < 4.78 is 39.5. The van der Waals surface area contributed by atoms with Crippen molar-refractivity contribution in [3.05, 3.63) is 29.6 Å². The van der Waals surface area contributed by atoms with E-state index in [2.05, 4.69) is 10.6 Å². The third-order valence-electron chi connectivity index (χ3n) is 5.08. The predicted octanol–water partition coefficient (Wildman–Crippen LogP) is 4.05. The Morgan fingerprint density at radius 1 is 1.18 bits per heavy atom. The Morgan fingerprint density at radius 3 is 2.59 bits per heavy atom. The molecule has 2 aliphatic carbocycles. The van der Waals surface area contributed by atoms with Gasteiger partial charge in [0.05, 0.1) is 5.69 Å². The molecule has 2 bridgehead atoms. The van der Waals surface area contributed by atoms with Gasteiger partial charge in [0.2, 0.25) is 0 Å². The lowest BCUT2D eigenvalue weighted by atomic mass is 9.84. The summed E-state index contributed by atoms with van der Waals surface area (Å²) in [6, 6.07) is 1.17. The Balaban J connectivity index is 1.60. The molecule has 3 rings (SSSR count). The van der Waals surface area contributed by atoms with E-state index in [1.165, 1.54) is 19.3 Å². The molecule has 4 unspecified atom stereocenters. The van der Waals surface area contributed by atoms with Crippen LogP contribution in [0.4, 0.5) is 23.7 Å². The molecule has 0 radical (unpaired) electrons. The summed E-state index contributed by atoms with van der Waals surface area (Å²) in [6.45, 7) is 1.94. The van der Waals surface area contributed by atoms with Crippen LogP contribution in [0.3, 0.4) is 0 Å². The van der Waals surface area contributed by atoms with Crippen molar-refractivity contribution >= 4 is 11.7 Å². The molecule has 6 heteroatoms. The molecule has 4 atom stereocenters. The van der Waals surface area contributed by atoms with E-state index in [1.807, 2.05) is 6.92 Å². The van der Waals surface area contributed by atoms with Crippen LogP contribution in [0.5, 0.6) is 0 Å². The van der Waals surface area contributed by atoms with Crippen molar-refractivity contribution in [2.75, 3.05) is 5.32 Å². The number of urea groups is 1. The minimum atomic E-state index is -1.58. The number of fused-ring (bicyclic) bond motifs is 2. The highest BCUT2D eigenvalue weighted by Gasteiger charge is 2.42. The first-order valence-electron chi connectivity index (χ1n) is 7.66. The number of anilines is 1. The molecule has 1 aromatic rings. The normalized spacial score (nSPS) is 27.7. The highest BCUT2D eigenvalue weighted by Crippen LogP contribution is 2.49. The van der Waals surface area contributed by atoms with Crippen LogP contribution < -0.4 is 10.6 Å². The highest BCUT2D eigenvalue weighted by atomic mass is 19.2. The fourth-order valence-electron chi connectivity index (χ4n) is 4.00. The third-order valence-corrected chi connectivity index (χ3v) is 5.08. The van der Waals surface area contributed by atoms with Crippen molar-refractivity contribution in [3.63, 3.8) is 0 Å². The summed E-state index contributed by atoms with van der Waals surface area (Å²) in [5.74, 6) is -2.38. The van der Waals surface area contributed by atoms with E-state index in [0.717, 1.165) is 24.5 Å². The zero-order valence-corrected chi connectivity index (χ0v) is 12.3. The first kappa shape index (κ1) is 15.2. The molecule has 0 aromatic heterocycles. The van der Waals surface area contributed by atoms with Gasteiger partial charge in [-0.25, -0.2) is 18.0 Å². The summed E-state index contributed by atoms with van der Waals surface area (Å²) in [5, 5.41) is 5.03. The second-order valence-electron chi connectivity index (χ2n) is 6.45. The lowest BCUT2D eigenvalue weighted by Crippen LogP contribution is -2.42. The topological polar surface area (TPSA) is 41.1 Å². The maximum absolute atomic E-state index is 13.5. The molecule has 120 valence electrons. The molecular weight excluding hydrogens is 293 g/mol. The van der Waals surface area contributed by atoms with Crippen LogP contribution in [0.25, 0.3) is 0 Å². The Morgan fingerprint density at radius 2 is 1.95 bits per heavy atom. The maximum atomic E-state index is 13.5. The first-order chi connectivity index (χ1) is 10.5. The molecule has 2 N–H and O–H groups in total. The van der Waals surface area contributed by atoms with Gasteiger partial charge >= 0.3 is 6.03 Å². The van der Waals surface area contributed by atoms with Gasteiger partial charge in [-0.1, -0.05) is 6.42 Å². The predicted molar refractivity (Wildman–Crippen MR) is 76.9 cm³/mol. The highest BCUT2D eigenvalue weighted by molar-refractivity contribution is 5.89. The molecule has 3 nitrogen and oxygen atoms in total. The molecule has 2 fully saturated rings. The van der Waals surface area contributed by atoms with E-state index >= 15 is 0 Å². The van der Waals surface area contributed by atoms with E-state index in [-0.39, 0.29) is 11.7 Å². The second-order valence-corrected chi connectivity index (χ2v) is 6.45. The summed E-state index contributed by atoms with van der Waals surface area (Å²) >= 11 is 0. The lowest BCUT2D eigenvalue weighted by molar-refractivity contribution is 0.230. The van der Waals surface area contributed by atoms with Crippen molar-refractivity contribution in [1.29, 1.82) is 0 Å². The minimum absolute atomic E-state index is 0.0244. The van der Waals surface area contributed by atoms with E-state index in [0.29, 0.717) is 11.8 Å². The van der Waals surface area contributed by atoms with Gasteiger partial charge in [0.15, 0.2) is 17.5 Å². The summed E-state index contributed by atoms with van der Waals surface area (Å²) in [4.78, 5) is 11.9. The Bertz CT molecular complexity index is 593. The van der Waals surface area contributed by atoms with Crippen molar-refractivity contribution in [2.24, 2.45) is 17.8 Å². The zero-order chi connectivity index (χ0) is 15.9. The van der Waals surface area contributed by atoms with Crippen molar-refractivity contribution in [2.45, 2.75) is 38.6 Å². The number of carbonyl (C=O) groups is 1. The number of amides is 2. The van der Waals surface area contributed by atoms with E-state index in [9.17, 15) is 18.0 Å². The number of benzene rings is 1. The zero-order valence-electron chi connectivity index (χ0n) is 12.3. The van der Waals surface area contributed by atoms with Gasteiger partial charge in [-0.2, -0.15) is 0 Å². The molecule has 2 saturated carbocycles. The van der Waals surface area contributed by atoms with Crippen LogP contribution >= 0.6 is 0 Å². The molecule has 0 heterocycles. The van der Waals surface area contributed by atoms with Gasteiger partial charge in [0.1, 0.15) is 0 Å². The molecule has 22 heavy (non-hydrogen) atoms. The average molecular weight is 312 g/mol. The van der Waals surface area contributed by atoms with Gasteiger partial charge in [-0.05, 0) is 56.1 Å². The second kappa shape index (κ2) is 5.82. The third kappa shape index (κ3) is 2.78. The fraction of sp³-hybridized carbons (Fsp3) is 0.562. The van der Waals surface area contributed by atoms with Crippen molar-refractivity contribution in [3.8, 4) is 0 Å². The van der Waals surface area contributed by atoms with Crippen LogP contribution in [0, 0.1) is 35.2 Å². The number of hydrogen-bond acceptors (Lipinski definition) is 1. The monoisotopic (exact) mass is 312 g/mol. The number of hydrogen-bond donors (Lipinski definition) is 2. The number of carbonyl (C=O) groups excluding carboxylic acids is 1. The lowest BCUT2D eigenvalue weighted by Gasteiger charge is -2.28. The standard InChI is InChI=1S/C16H19F3N2O/c1-8(11-7-9-2-3-10(11)6-9)20-16(22)21-13-5-4-12(17)14(18)15(13)19/h4-5,8-11H,2-3,6-7H2,1H3,(H2,20,21,22). The van der Waals surface area contributed by atoms with Crippen LogP contribution in [-0.2, 0) is 0 Å². The number of rotatable bonds is 3. The Labute approximate surface area is 127 Å². The number of nitrogens with one attached hydrogen (secondary N) is 2. The van der Waals surface area contributed by atoms with Crippen molar-refractivity contribution in [1.82, 2.24) is 5.32 Å².